The molecule has 8 aromatic rings. The molecule has 0 atom stereocenters. The number of anilines is 3. The molecule has 0 amide bonds. The molecule has 0 aliphatic rings. The van der Waals surface area contributed by atoms with Gasteiger partial charge in [-0.25, -0.2) is 0 Å². The smallest absolute Gasteiger partial charge is 0.0528 e. The van der Waals surface area contributed by atoms with Gasteiger partial charge in [0.2, 0.25) is 0 Å². The fourth-order valence-electron chi connectivity index (χ4n) is 6.24. The van der Waals surface area contributed by atoms with Crippen molar-refractivity contribution in [3.63, 3.8) is 0 Å². The lowest BCUT2D eigenvalue weighted by Gasteiger charge is -2.26. The third-order valence-corrected chi connectivity index (χ3v) is 8.67. The highest BCUT2D eigenvalue weighted by Gasteiger charge is 2.13. The Morgan fingerprint density at radius 3 is 1.24 bits per heavy atom. The first kappa shape index (κ1) is 27.4. The maximum absolute atomic E-state index is 2.31. The van der Waals surface area contributed by atoms with Crippen molar-refractivity contribution in [2.24, 2.45) is 0 Å². The van der Waals surface area contributed by atoms with Gasteiger partial charge in [-0.2, -0.15) is 0 Å². The molecular formula is C44H32N2. The van der Waals surface area contributed by atoms with Crippen LogP contribution in [0.3, 0.4) is 0 Å². The highest BCUT2D eigenvalue weighted by Crippen LogP contribution is 2.37. The molecule has 0 aliphatic carbocycles. The molecule has 0 radical (unpaired) electrons. The zero-order chi connectivity index (χ0) is 30.7. The average molecular weight is 589 g/mol. The van der Waals surface area contributed by atoms with Crippen molar-refractivity contribution < 1.29 is 0 Å². The second-order valence-corrected chi connectivity index (χ2v) is 11.5. The molecule has 0 unspecified atom stereocenters. The van der Waals surface area contributed by atoms with Gasteiger partial charge in [-0.3, -0.25) is 0 Å². The topological polar surface area (TPSA) is 8.17 Å². The SMILES string of the molecule is c1ccc(-c2ccc(-c3ccc(N(c4ccccc4)c4ccc(-c5ccc(-n6ccc7ccccc76)cc5)cc4)cc3)cc2)cc1. The van der Waals surface area contributed by atoms with Crippen molar-refractivity contribution in [3.05, 3.63) is 194 Å². The van der Waals surface area contributed by atoms with Crippen LogP contribution in [0.1, 0.15) is 0 Å². The van der Waals surface area contributed by atoms with Crippen molar-refractivity contribution in [3.8, 4) is 39.1 Å². The Morgan fingerprint density at radius 2 is 0.696 bits per heavy atom. The fraction of sp³-hybridized carbons (Fsp3) is 0. The van der Waals surface area contributed by atoms with E-state index in [-0.39, 0.29) is 0 Å². The largest absolute Gasteiger partial charge is 0.317 e. The highest BCUT2D eigenvalue weighted by molar-refractivity contribution is 5.83. The summed E-state index contributed by atoms with van der Waals surface area (Å²) in [5.74, 6) is 0. The van der Waals surface area contributed by atoms with Gasteiger partial charge in [0.1, 0.15) is 0 Å². The van der Waals surface area contributed by atoms with Crippen LogP contribution in [0.25, 0.3) is 50.0 Å². The predicted octanol–water partition coefficient (Wildman–Crippen LogP) is 12.1. The lowest BCUT2D eigenvalue weighted by Crippen LogP contribution is -2.09. The molecule has 7 aromatic carbocycles. The summed E-state index contributed by atoms with van der Waals surface area (Å²) in [6.45, 7) is 0. The Hall–Kier alpha value is -6.12. The molecule has 0 saturated heterocycles. The molecule has 8 rings (SSSR count). The maximum Gasteiger partial charge on any atom is 0.0528 e. The van der Waals surface area contributed by atoms with Crippen LogP contribution in [0.2, 0.25) is 0 Å². The van der Waals surface area contributed by atoms with Crippen LogP contribution < -0.4 is 4.90 Å². The summed E-state index contributed by atoms with van der Waals surface area (Å²) in [6, 6.07) is 67.1. The number of aromatic nitrogens is 1. The van der Waals surface area contributed by atoms with Gasteiger partial charge in [-0.15, -0.1) is 0 Å². The molecule has 1 aromatic heterocycles. The molecule has 218 valence electrons. The monoisotopic (exact) mass is 588 g/mol. The summed E-state index contributed by atoms with van der Waals surface area (Å²) < 4.78 is 2.24. The molecule has 2 heteroatoms. The highest BCUT2D eigenvalue weighted by atomic mass is 15.1. The lowest BCUT2D eigenvalue weighted by atomic mass is 10.00. The lowest BCUT2D eigenvalue weighted by molar-refractivity contribution is 1.13. The molecule has 0 N–H and O–H groups in total. The second kappa shape index (κ2) is 12.1. The van der Waals surface area contributed by atoms with E-state index in [0.29, 0.717) is 0 Å². The first-order chi connectivity index (χ1) is 22.8. The summed E-state index contributed by atoms with van der Waals surface area (Å²) >= 11 is 0. The molecule has 0 spiro atoms. The number of fused-ring (bicyclic) bond motifs is 1. The first-order valence-corrected chi connectivity index (χ1v) is 15.7. The Labute approximate surface area is 270 Å². The minimum atomic E-state index is 1.12. The van der Waals surface area contributed by atoms with Crippen LogP contribution in [-0.4, -0.2) is 4.57 Å². The number of hydrogen-bond donors (Lipinski definition) is 0. The average Bonchev–Trinajstić information content (AvgIpc) is 3.58. The Bertz CT molecular complexity index is 2190. The van der Waals surface area contributed by atoms with Crippen LogP contribution in [0.4, 0.5) is 17.1 Å². The molecular weight excluding hydrogens is 556 g/mol. The van der Waals surface area contributed by atoms with Gasteiger partial charge in [0, 0.05) is 28.9 Å². The van der Waals surface area contributed by atoms with Gasteiger partial charge in [0.05, 0.1) is 5.52 Å². The van der Waals surface area contributed by atoms with Crippen LogP contribution in [0, 0.1) is 0 Å². The first-order valence-electron chi connectivity index (χ1n) is 15.7. The molecule has 0 saturated carbocycles. The minimum Gasteiger partial charge on any atom is -0.317 e. The molecule has 0 aliphatic heterocycles. The van der Waals surface area contributed by atoms with Gasteiger partial charge in [0.15, 0.2) is 0 Å². The van der Waals surface area contributed by atoms with E-state index >= 15 is 0 Å². The summed E-state index contributed by atoms with van der Waals surface area (Å²) in [6.07, 6.45) is 2.14. The number of para-hydroxylation sites is 2. The van der Waals surface area contributed by atoms with E-state index in [1.54, 1.807) is 0 Å². The Morgan fingerprint density at radius 1 is 0.304 bits per heavy atom. The van der Waals surface area contributed by atoms with Crippen LogP contribution in [0.5, 0.6) is 0 Å². The van der Waals surface area contributed by atoms with Crippen LogP contribution in [0.15, 0.2) is 194 Å². The van der Waals surface area contributed by atoms with E-state index in [1.807, 2.05) is 0 Å². The summed E-state index contributed by atoms with van der Waals surface area (Å²) in [7, 11) is 0. The third kappa shape index (κ3) is 5.38. The number of benzene rings is 7. The maximum atomic E-state index is 2.31. The molecule has 1 heterocycles. The van der Waals surface area contributed by atoms with E-state index in [0.717, 1.165) is 22.7 Å². The number of hydrogen-bond acceptors (Lipinski definition) is 1. The van der Waals surface area contributed by atoms with Crippen LogP contribution >= 0.6 is 0 Å². The standard InChI is InChI=1S/C44H32N2/c1-3-9-33(10-4-1)34-15-17-35(18-16-34)37-21-27-42(28-22-37)46(41-12-5-2-6-13-41)43-29-23-38(24-30-43)36-19-25-40(26-20-36)45-32-31-39-11-7-8-14-44(39)45/h1-32H. The molecule has 0 bridgehead atoms. The van der Waals surface area contributed by atoms with Crippen molar-refractivity contribution in [2.45, 2.75) is 0 Å². The van der Waals surface area contributed by atoms with Gasteiger partial charge in [-0.1, -0.05) is 127 Å². The zero-order valence-corrected chi connectivity index (χ0v) is 25.4. The Balaban J connectivity index is 1.06. The van der Waals surface area contributed by atoms with Crippen molar-refractivity contribution in [1.82, 2.24) is 4.57 Å². The fourth-order valence-corrected chi connectivity index (χ4v) is 6.24. The van der Waals surface area contributed by atoms with E-state index < -0.39 is 0 Å². The van der Waals surface area contributed by atoms with Gasteiger partial charge in [-0.05, 0) is 99.4 Å². The number of nitrogens with zero attached hydrogens (tertiary/aromatic N) is 2. The van der Waals surface area contributed by atoms with E-state index in [2.05, 4.69) is 204 Å². The van der Waals surface area contributed by atoms with E-state index in [4.69, 9.17) is 0 Å². The predicted molar refractivity (Wildman–Crippen MR) is 194 cm³/mol. The second-order valence-electron chi connectivity index (χ2n) is 11.5. The van der Waals surface area contributed by atoms with Gasteiger partial charge >= 0.3 is 0 Å². The van der Waals surface area contributed by atoms with E-state index in [1.165, 1.54) is 44.3 Å². The summed E-state index contributed by atoms with van der Waals surface area (Å²) in [5, 5.41) is 1.25. The van der Waals surface area contributed by atoms with Crippen LogP contribution in [-0.2, 0) is 0 Å². The van der Waals surface area contributed by atoms with Crippen molar-refractivity contribution in [1.29, 1.82) is 0 Å². The van der Waals surface area contributed by atoms with Crippen molar-refractivity contribution in [2.75, 3.05) is 4.90 Å². The molecule has 46 heavy (non-hydrogen) atoms. The Kier molecular flexibility index (Phi) is 7.22. The zero-order valence-electron chi connectivity index (χ0n) is 25.4. The van der Waals surface area contributed by atoms with Crippen molar-refractivity contribution >= 4 is 28.0 Å². The van der Waals surface area contributed by atoms with E-state index in [9.17, 15) is 0 Å². The molecule has 0 fully saturated rings. The normalized spacial score (nSPS) is 11.0. The van der Waals surface area contributed by atoms with Gasteiger partial charge < -0.3 is 9.47 Å². The summed E-state index contributed by atoms with van der Waals surface area (Å²) in [5.41, 5.74) is 13.0. The van der Waals surface area contributed by atoms with Gasteiger partial charge in [0.25, 0.3) is 0 Å². The minimum absolute atomic E-state index is 1.12. The quantitative estimate of drug-likeness (QED) is 0.180. The summed E-state index contributed by atoms with van der Waals surface area (Å²) in [4.78, 5) is 2.31. The number of rotatable bonds is 7. The third-order valence-electron chi connectivity index (χ3n) is 8.67. The molecule has 2 nitrogen and oxygen atoms in total.